The predicted molar refractivity (Wildman–Crippen MR) is 82.3 cm³/mol. The Bertz CT molecular complexity index is 820. The fraction of sp³-hybridized carbons (Fsp3) is 0.0625. The summed E-state index contributed by atoms with van der Waals surface area (Å²) >= 11 is 5.98. The molecule has 100 valence electrons. The van der Waals surface area contributed by atoms with Crippen LogP contribution in [0.1, 0.15) is 21.5 Å². The lowest BCUT2D eigenvalue weighted by Gasteiger charge is -2.04. The van der Waals surface area contributed by atoms with Gasteiger partial charge in [0.25, 0.3) is 0 Å². The van der Waals surface area contributed by atoms with Crippen LogP contribution >= 0.6 is 11.6 Å². The molecule has 3 N–H and O–H groups in total. The smallest absolute Gasteiger partial charge is 0.195 e. The van der Waals surface area contributed by atoms with Crippen molar-refractivity contribution in [3.05, 3.63) is 64.3 Å². The minimum Gasteiger partial charge on any atom is -0.398 e. The van der Waals surface area contributed by atoms with Crippen LogP contribution in [0.15, 0.2) is 42.6 Å². The van der Waals surface area contributed by atoms with Gasteiger partial charge in [0.1, 0.15) is 0 Å². The molecular formula is C16H13ClN2O. The highest BCUT2D eigenvalue weighted by atomic mass is 35.5. The summed E-state index contributed by atoms with van der Waals surface area (Å²) in [4.78, 5) is 15.7. The molecule has 0 bridgehead atoms. The van der Waals surface area contributed by atoms with Gasteiger partial charge in [0.2, 0.25) is 0 Å². The van der Waals surface area contributed by atoms with E-state index in [1.807, 2.05) is 25.1 Å². The van der Waals surface area contributed by atoms with Gasteiger partial charge in [-0.3, -0.25) is 4.79 Å². The molecule has 0 atom stereocenters. The predicted octanol–water partition coefficient (Wildman–Crippen LogP) is 3.94. The standard InChI is InChI=1S/C16H13ClN2O/c1-9-3-2-4-14-15(9)11(8-19-14)16(20)10-5-6-13(18)12(17)7-10/h2-8,19H,18H2,1H3. The molecule has 3 aromatic rings. The molecule has 3 rings (SSSR count). The molecule has 3 nitrogen and oxygen atoms in total. The molecular weight excluding hydrogens is 272 g/mol. The maximum absolute atomic E-state index is 12.6. The van der Waals surface area contributed by atoms with Crippen LogP contribution in [0.3, 0.4) is 0 Å². The van der Waals surface area contributed by atoms with Crippen LogP contribution in [-0.4, -0.2) is 10.8 Å². The molecule has 0 amide bonds. The van der Waals surface area contributed by atoms with E-state index in [1.165, 1.54) is 0 Å². The first-order valence-corrected chi connectivity index (χ1v) is 6.62. The number of H-pyrrole nitrogens is 1. The summed E-state index contributed by atoms with van der Waals surface area (Å²) in [5.41, 5.74) is 9.35. The van der Waals surface area contributed by atoms with Crippen LogP contribution in [0.5, 0.6) is 0 Å². The summed E-state index contributed by atoms with van der Waals surface area (Å²) in [5, 5.41) is 1.35. The normalized spacial score (nSPS) is 10.9. The number of rotatable bonds is 2. The number of hydrogen-bond donors (Lipinski definition) is 2. The number of halogens is 1. The van der Waals surface area contributed by atoms with Crippen molar-refractivity contribution in [2.75, 3.05) is 5.73 Å². The van der Waals surface area contributed by atoms with Crippen LogP contribution < -0.4 is 5.73 Å². The van der Waals surface area contributed by atoms with Gasteiger partial charge in [-0.05, 0) is 36.8 Å². The monoisotopic (exact) mass is 284 g/mol. The van der Waals surface area contributed by atoms with Gasteiger partial charge in [0, 0.05) is 28.2 Å². The third kappa shape index (κ3) is 1.96. The van der Waals surface area contributed by atoms with Crippen LogP contribution in [0.25, 0.3) is 10.9 Å². The number of nitrogens with one attached hydrogen (secondary N) is 1. The van der Waals surface area contributed by atoms with Gasteiger partial charge in [0.05, 0.1) is 10.7 Å². The second-order valence-electron chi connectivity index (χ2n) is 4.77. The van der Waals surface area contributed by atoms with E-state index in [0.717, 1.165) is 16.5 Å². The topological polar surface area (TPSA) is 58.9 Å². The van der Waals surface area contributed by atoms with Crippen molar-refractivity contribution >= 4 is 34.0 Å². The molecule has 0 aliphatic heterocycles. The average molecular weight is 285 g/mol. The summed E-state index contributed by atoms with van der Waals surface area (Å²) in [6.45, 7) is 1.99. The van der Waals surface area contributed by atoms with Crippen molar-refractivity contribution in [2.24, 2.45) is 0 Å². The summed E-state index contributed by atoms with van der Waals surface area (Å²) in [5.74, 6) is -0.0625. The minimum absolute atomic E-state index is 0.0625. The summed E-state index contributed by atoms with van der Waals surface area (Å²) in [6, 6.07) is 10.9. The molecule has 0 aliphatic rings. The maximum Gasteiger partial charge on any atom is 0.195 e. The maximum atomic E-state index is 12.6. The molecule has 0 spiro atoms. The molecule has 20 heavy (non-hydrogen) atoms. The van der Waals surface area contributed by atoms with E-state index in [0.29, 0.717) is 21.8 Å². The molecule has 0 saturated carbocycles. The molecule has 2 aromatic carbocycles. The first kappa shape index (κ1) is 12.8. The van der Waals surface area contributed by atoms with Gasteiger partial charge in [-0.15, -0.1) is 0 Å². The Labute approximate surface area is 121 Å². The van der Waals surface area contributed by atoms with Crippen LogP contribution in [0.2, 0.25) is 5.02 Å². The van der Waals surface area contributed by atoms with Crippen molar-refractivity contribution < 1.29 is 4.79 Å². The van der Waals surface area contributed by atoms with E-state index in [-0.39, 0.29) is 5.78 Å². The van der Waals surface area contributed by atoms with E-state index in [2.05, 4.69) is 4.98 Å². The van der Waals surface area contributed by atoms with Crippen LogP contribution in [-0.2, 0) is 0 Å². The third-order valence-corrected chi connectivity index (χ3v) is 3.75. The van der Waals surface area contributed by atoms with E-state index < -0.39 is 0 Å². The molecule has 0 aliphatic carbocycles. The number of ketones is 1. The fourth-order valence-electron chi connectivity index (χ4n) is 2.37. The first-order chi connectivity index (χ1) is 9.58. The molecule has 0 radical (unpaired) electrons. The Balaban J connectivity index is 2.15. The lowest BCUT2D eigenvalue weighted by molar-refractivity contribution is 0.104. The number of aryl methyl sites for hydroxylation is 1. The van der Waals surface area contributed by atoms with Crippen molar-refractivity contribution in [1.82, 2.24) is 4.98 Å². The van der Waals surface area contributed by atoms with Gasteiger partial charge in [0.15, 0.2) is 5.78 Å². The van der Waals surface area contributed by atoms with Gasteiger partial charge in [-0.25, -0.2) is 0 Å². The second kappa shape index (κ2) is 4.69. The molecule has 1 aromatic heterocycles. The number of aromatic amines is 1. The summed E-state index contributed by atoms with van der Waals surface area (Å²) in [7, 11) is 0. The number of carbonyl (C=O) groups is 1. The third-order valence-electron chi connectivity index (χ3n) is 3.42. The van der Waals surface area contributed by atoms with Gasteiger partial charge < -0.3 is 10.7 Å². The number of benzene rings is 2. The minimum atomic E-state index is -0.0625. The van der Waals surface area contributed by atoms with Crippen LogP contribution in [0.4, 0.5) is 5.69 Å². The Morgan fingerprint density at radius 2 is 2.05 bits per heavy atom. The highest BCUT2D eigenvalue weighted by molar-refractivity contribution is 6.33. The number of carbonyl (C=O) groups excluding carboxylic acids is 1. The zero-order valence-corrected chi connectivity index (χ0v) is 11.7. The van der Waals surface area contributed by atoms with Crippen LogP contribution in [0, 0.1) is 6.92 Å². The number of nitrogen functional groups attached to an aromatic ring is 1. The number of hydrogen-bond acceptors (Lipinski definition) is 2. The summed E-state index contributed by atoms with van der Waals surface area (Å²) < 4.78 is 0. The largest absolute Gasteiger partial charge is 0.398 e. The molecule has 0 saturated heterocycles. The zero-order valence-electron chi connectivity index (χ0n) is 10.9. The highest BCUT2D eigenvalue weighted by Crippen LogP contribution is 2.26. The second-order valence-corrected chi connectivity index (χ2v) is 5.17. The van der Waals surface area contributed by atoms with Crippen molar-refractivity contribution in [1.29, 1.82) is 0 Å². The Kier molecular flexibility index (Phi) is 2.99. The SMILES string of the molecule is Cc1cccc2[nH]cc(C(=O)c3ccc(N)c(Cl)c3)c12. The Morgan fingerprint density at radius 3 is 2.80 bits per heavy atom. The molecule has 0 unspecified atom stereocenters. The average Bonchev–Trinajstić information content (AvgIpc) is 2.86. The number of nitrogens with two attached hydrogens (primary N) is 1. The lowest BCUT2D eigenvalue weighted by atomic mass is 10.00. The molecule has 0 fully saturated rings. The van der Waals surface area contributed by atoms with E-state index in [4.69, 9.17) is 17.3 Å². The van der Waals surface area contributed by atoms with Crippen molar-refractivity contribution in [3.8, 4) is 0 Å². The zero-order chi connectivity index (χ0) is 14.3. The summed E-state index contributed by atoms with van der Waals surface area (Å²) in [6.07, 6.45) is 1.74. The van der Waals surface area contributed by atoms with E-state index in [9.17, 15) is 4.79 Å². The first-order valence-electron chi connectivity index (χ1n) is 6.24. The van der Waals surface area contributed by atoms with Gasteiger partial charge in [-0.2, -0.15) is 0 Å². The van der Waals surface area contributed by atoms with Crippen molar-refractivity contribution in [2.45, 2.75) is 6.92 Å². The van der Waals surface area contributed by atoms with Gasteiger partial charge >= 0.3 is 0 Å². The van der Waals surface area contributed by atoms with E-state index >= 15 is 0 Å². The molecule has 1 heterocycles. The Hall–Kier alpha value is -2.26. The fourth-order valence-corrected chi connectivity index (χ4v) is 2.55. The van der Waals surface area contributed by atoms with Gasteiger partial charge in [-0.1, -0.05) is 23.7 Å². The molecule has 4 heteroatoms. The Morgan fingerprint density at radius 1 is 1.25 bits per heavy atom. The number of fused-ring (bicyclic) bond motifs is 1. The van der Waals surface area contributed by atoms with E-state index in [1.54, 1.807) is 24.4 Å². The lowest BCUT2D eigenvalue weighted by Crippen LogP contribution is -2.01. The quantitative estimate of drug-likeness (QED) is 0.553. The highest BCUT2D eigenvalue weighted by Gasteiger charge is 2.16. The van der Waals surface area contributed by atoms with Crippen molar-refractivity contribution in [3.63, 3.8) is 0 Å². The number of anilines is 1. The number of aromatic nitrogens is 1.